The molecule has 0 saturated heterocycles. The molecule has 0 spiro atoms. The molecule has 150 valence electrons. The van der Waals surface area contributed by atoms with Crippen LogP contribution in [0.1, 0.15) is 22.9 Å². The average molecular weight is 406 g/mol. The van der Waals surface area contributed by atoms with Crippen LogP contribution in [0.5, 0.6) is 0 Å². The van der Waals surface area contributed by atoms with Crippen molar-refractivity contribution in [3.05, 3.63) is 102 Å². The molecule has 0 fully saturated rings. The van der Waals surface area contributed by atoms with E-state index in [1.165, 1.54) is 0 Å². The average Bonchev–Trinajstić information content (AvgIpc) is 3.41. The number of para-hydroxylation sites is 2. The molecule has 0 unspecified atom stereocenters. The Hall–Kier alpha value is -4.33. The fourth-order valence-corrected chi connectivity index (χ4v) is 4.03. The number of pyridine rings is 1. The number of aryl methyl sites for hydroxylation is 1. The van der Waals surface area contributed by atoms with Crippen molar-refractivity contribution >= 4 is 17.5 Å². The van der Waals surface area contributed by atoms with Gasteiger partial charge in [0.15, 0.2) is 5.82 Å². The minimum atomic E-state index is -0.230. The molecule has 8 nitrogen and oxygen atoms in total. The second-order valence-corrected chi connectivity index (χ2v) is 7.34. The van der Waals surface area contributed by atoms with E-state index in [2.05, 4.69) is 15.4 Å². The van der Waals surface area contributed by atoms with Gasteiger partial charge in [-0.1, -0.05) is 42.5 Å². The highest BCUT2D eigenvalue weighted by molar-refractivity contribution is 5.99. The molecule has 0 aliphatic carbocycles. The van der Waals surface area contributed by atoms with Gasteiger partial charge in [-0.3, -0.25) is 4.98 Å². The third kappa shape index (κ3) is 2.72. The van der Waals surface area contributed by atoms with Crippen molar-refractivity contribution in [2.45, 2.75) is 13.0 Å². The molecular formula is C23H18N8. The lowest BCUT2D eigenvalue weighted by molar-refractivity contribution is 0.364. The topological polar surface area (TPSA) is 74.3 Å². The molecule has 0 saturated carbocycles. The Morgan fingerprint density at radius 2 is 1.55 bits per heavy atom. The Balaban J connectivity index is 1.59. The number of aromatic nitrogens is 3. The fourth-order valence-electron chi connectivity index (χ4n) is 4.03. The molecular weight excluding hydrogens is 388 g/mol. The van der Waals surface area contributed by atoms with Crippen molar-refractivity contribution in [3.8, 4) is 5.69 Å². The van der Waals surface area contributed by atoms with Gasteiger partial charge in [-0.25, -0.2) is 4.68 Å². The summed E-state index contributed by atoms with van der Waals surface area (Å²) in [5.41, 5.74) is 4.73. The molecule has 8 heteroatoms. The second-order valence-electron chi connectivity index (χ2n) is 7.34. The largest absolute Gasteiger partial charge is 0.264 e. The molecule has 4 aromatic rings. The van der Waals surface area contributed by atoms with E-state index < -0.39 is 0 Å². The predicted molar refractivity (Wildman–Crippen MR) is 117 cm³/mol. The summed E-state index contributed by atoms with van der Waals surface area (Å²) in [6.07, 6.45) is 3.63. The van der Waals surface area contributed by atoms with Crippen molar-refractivity contribution < 1.29 is 0 Å². The third-order valence-electron chi connectivity index (χ3n) is 5.43. The van der Waals surface area contributed by atoms with Gasteiger partial charge in [0.1, 0.15) is 6.04 Å². The zero-order valence-corrected chi connectivity index (χ0v) is 16.7. The highest BCUT2D eigenvalue weighted by Gasteiger charge is 2.42. The van der Waals surface area contributed by atoms with Crippen molar-refractivity contribution in [1.82, 2.24) is 19.8 Å². The summed E-state index contributed by atoms with van der Waals surface area (Å²) < 4.78 is 1.89. The summed E-state index contributed by atoms with van der Waals surface area (Å²) in [5.74, 6) is 1.40. The number of guanidine groups is 1. The quantitative estimate of drug-likeness (QED) is 0.491. The molecule has 0 radical (unpaired) electrons. The van der Waals surface area contributed by atoms with Crippen LogP contribution in [-0.2, 0) is 0 Å². The van der Waals surface area contributed by atoms with Crippen LogP contribution in [0.4, 0.5) is 11.5 Å². The molecule has 2 aliphatic rings. The Labute approximate surface area is 178 Å². The number of benzene rings is 2. The number of rotatable bonds is 3. The molecule has 31 heavy (non-hydrogen) atoms. The minimum Gasteiger partial charge on any atom is -0.264 e. The highest BCUT2D eigenvalue weighted by atomic mass is 15.8. The highest BCUT2D eigenvalue weighted by Crippen LogP contribution is 2.44. The van der Waals surface area contributed by atoms with E-state index >= 15 is 0 Å². The summed E-state index contributed by atoms with van der Waals surface area (Å²) in [5, 5.41) is 17.3. The lowest BCUT2D eigenvalue weighted by Crippen LogP contribution is -2.38. The number of anilines is 1. The first-order chi connectivity index (χ1) is 15.3. The van der Waals surface area contributed by atoms with Crippen LogP contribution in [0.25, 0.3) is 5.69 Å². The van der Waals surface area contributed by atoms with Gasteiger partial charge in [0.25, 0.3) is 5.96 Å². The Bertz CT molecular complexity index is 1300. The van der Waals surface area contributed by atoms with Crippen LogP contribution < -0.4 is 5.01 Å². The lowest BCUT2D eigenvalue weighted by atomic mass is 9.98. The van der Waals surface area contributed by atoms with Crippen LogP contribution >= 0.6 is 0 Å². The molecule has 0 N–H and O–H groups in total. The van der Waals surface area contributed by atoms with Gasteiger partial charge in [0, 0.05) is 18.0 Å². The van der Waals surface area contributed by atoms with Crippen molar-refractivity contribution in [2.75, 3.05) is 5.01 Å². The van der Waals surface area contributed by atoms with Gasteiger partial charge in [-0.15, -0.1) is 0 Å². The molecule has 0 amide bonds. The second kappa shape index (κ2) is 6.88. The molecule has 2 aromatic heterocycles. The maximum atomic E-state index is 5.00. The fraction of sp³-hybridized carbons (Fsp3) is 0.0870. The van der Waals surface area contributed by atoms with E-state index in [1.807, 2.05) is 95.6 Å². The van der Waals surface area contributed by atoms with E-state index in [-0.39, 0.29) is 6.04 Å². The number of nitrogens with zero attached hydrogens (tertiary/aromatic N) is 8. The number of fused-ring (bicyclic) bond motifs is 2. The predicted octanol–water partition coefficient (Wildman–Crippen LogP) is 4.77. The van der Waals surface area contributed by atoms with Gasteiger partial charge in [0.2, 0.25) is 0 Å². The number of aliphatic imine (C=N–C) groups is 1. The molecule has 6 rings (SSSR count). The van der Waals surface area contributed by atoms with E-state index in [9.17, 15) is 0 Å². The van der Waals surface area contributed by atoms with Crippen LogP contribution in [0.15, 0.2) is 101 Å². The molecule has 2 aromatic carbocycles. The van der Waals surface area contributed by atoms with E-state index in [4.69, 9.17) is 10.1 Å². The van der Waals surface area contributed by atoms with Crippen LogP contribution in [-0.4, -0.2) is 25.7 Å². The Morgan fingerprint density at radius 3 is 2.26 bits per heavy atom. The normalized spacial score (nSPS) is 16.8. The molecule has 0 bridgehead atoms. The monoisotopic (exact) mass is 406 g/mol. The maximum absolute atomic E-state index is 5.00. The first kappa shape index (κ1) is 17.5. The summed E-state index contributed by atoms with van der Waals surface area (Å²) >= 11 is 0. The first-order valence-corrected chi connectivity index (χ1v) is 10.0. The van der Waals surface area contributed by atoms with E-state index in [0.717, 1.165) is 34.0 Å². The Kier molecular flexibility index (Phi) is 3.89. The van der Waals surface area contributed by atoms with Gasteiger partial charge in [0.05, 0.1) is 17.1 Å². The van der Waals surface area contributed by atoms with Gasteiger partial charge >= 0.3 is 0 Å². The van der Waals surface area contributed by atoms with E-state index in [1.54, 1.807) is 11.2 Å². The standard InChI is InChI=1S/C23H18N8/c1-16-20-21(17-9-8-14-24-15-17)31-23(30(27-28-31)19-12-6-3-7-13-19)25-22(20)29(26-16)18-10-4-2-5-11-18/h2-15,21H,1H3/t21-/m0/s1. The van der Waals surface area contributed by atoms with Crippen LogP contribution in [0, 0.1) is 6.92 Å². The van der Waals surface area contributed by atoms with Crippen molar-refractivity contribution in [2.24, 2.45) is 15.4 Å². The lowest BCUT2D eigenvalue weighted by Gasteiger charge is -2.30. The first-order valence-electron chi connectivity index (χ1n) is 10.0. The summed E-state index contributed by atoms with van der Waals surface area (Å²) in [7, 11) is 0. The minimum absolute atomic E-state index is 0.230. The summed E-state index contributed by atoms with van der Waals surface area (Å²) in [6, 6.07) is 23.7. The molecule has 2 aliphatic heterocycles. The van der Waals surface area contributed by atoms with Gasteiger partial charge < -0.3 is 0 Å². The van der Waals surface area contributed by atoms with Gasteiger partial charge in [-0.2, -0.15) is 20.1 Å². The Morgan fingerprint density at radius 1 is 0.806 bits per heavy atom. The molecule has 1 atom stereocenters. The van der Waals surface area contributed by atoms with Crippen molar-refractivity contribution in [3.63, 3.8) is 0 Å². The zero-order chi connectivity index (χ0) is 20.8. The number of hydrogen-bond donors (Lipinski definition) is 0. The summed E-state index contributed by atoms with van der Waals surface area (Å²) in [4.78, 5) is 9.34. The van der Waals surface area contributed by atoms with Crippen LogP contribution in [0.3, 0.4) is 0 Å². The maximum Gasteiger partial charge on any atom is 0.253 e. The smallest absolute Gasteiger partial charge is 0.253 e. The van der Waals surface area contributed by atoms with Crippen molar-refractivity contribution in [1.29, 1.82) is 0 Å². The van der Waals surface area contributed by atoms with E-state index in [0.29, 0.717) is 5.96 Å². The zero-order valence-electron chi connectivity index (χ0n) is 16.7. The van der Waals surface area contributed by atoms with Gasteiger partial charge in [-0.05, 0) is 53.3 Å². The molecule has 4 heterocycles. The van der Waals surface area contributed by atoms with Crippen LogP contribution in [0.2, 0.25) is 0 Å². The SMILES string of the molecule is Cc1nn(-c2ccccc2)c2c1[C@H](c1cccnc1)N1N=NN(c3ccccc3)C1=N2. The third-order valence-corrected chi connectivity index (χ3v) is 5.43. The number of hydrogen-bond acceptors (Lipinski definition) is 7. The summed E-state index contributed by atoms with van der Waals surface area (Å²) in [6.45, 7) is 2.00.